The molecule has 0 aliphatic rings. The standard InChI is InChI=1S/C19H28N4S2.HI/c1-6-16-14(3)25-18(23-16)9-10-21-19(20-4)22-12-15-8-7-13(2)11-17(15)24-5;/h7-8,11H,6,9-10,12H2,1-5H3,(H2,20,21,22);1H. The molecule has 1 aromatic heterocycles. The van der Waals surface area contributed by atoms with Crippen molar-refractivity contribution in [2.75, 3.05) is 19.8 Å². The van der Waals surface area contributed by atoms with Gasteiger partial charge in [0.2, 0.25) is 0 Å². The molecule has 0 unspecified atom stereocenters. The van der Waals surface area contributed by atoms with Crippen molar-refractivity contribution in [2.45, 2.75) is 45.1 Å². The fourth-order valence-electron chi connectivity index (χ4n) is 2.61. The van der Waals surface area contributed by atoms with Crippen LogP contribution in [0.1, 0.15) is 33.6 Å². The number of hydrogen-bond acceptors (Lipinski definition) is 4. The topological polar surface area (TPSA) is 49.3 Å². The highest BCUT2D eigenvalue weighted by Crippen LogP contribution is 2.21. The summed E-state index contributed by atoms with van der Waals surface area (Å²) < 4.78 is 0. The number of benzene rings is 1. The maximum Gasteiger partial charge on any atom is 0.191 e. The number of nitrogens with one attached hydrogen (secondary N) is 2. The third-order valence-corrected chi connectivity index (χ3v) is 5.91. The van der Waals surface area contributed by atoms with Gasteiger partial charge in [-0.25, -0.2) is 4.98 Å². The van der Waals surface area contributed by atoms with Crippen molar-refractivity contribution in [1.29, 1.82) is 0 Å². The van der Waals surface area contributed by atoms with Crippen molar-refractivity contribution >= 4 is 53.0 Å². The molecule has 0 spiro atoms. The minimum Gasteiger partial charge on any atom is -0.356 e. The molecule has 2 N–H and O–H groups in total. The van der Waals surface area contributed by atoms with Crippen molar-refractivity contribution in [3.05, 3.63) is 44.9 Å². The lowest BCUT2D eigenvalue weighted by Crippen LogP contribution is -2.37. The second-order valence-electron chi connectivity index (χ2n) is 5.88. The molecule has 0 aliphatic heterocycles. The van der Waals surface area contributed by atoms with Crippen molar-refractivity contribution in [2.24, 2.45) is 4.99 Å². The summed E-state index contributed by atoms with van der Waals surface area (Å²) in [7, 11) is 1.81. The van der Waals surface area contributed by atoms with Gasteiger partial charge in [0.05, 0.1) is 10.7 Å². The summed E-state index contributed by atoms with van der Waals surface area (Å²) in [5, 5.41) is 7.98. The Bertz CT molecular complexity index is 728. The first kappa shape index (κ1) is 23.2. The predicted molar refractivity (Wildman–Crippen MR) is 127 cm³/mol. The summed E-state index contributed by atoms with van der Waals surface area (Å²) in [5.74, 6) is 0.830. The van der Waals surface area contributed by atoms with Crippen molar-refractivity contribution < 1.29 is 0 Å². The van der Waals surface area contributed by atoms with Gasteiger partial charge >= 0.3 is 0 Å². The Balaban J connectivity index is 0.00000338. The Morgan fingerprint density at radius 3 is 2.65 bits per heavy atom. The first-order valence-corrected chi connectivity index (χ1v) is 10.6. The van der Waals surface area contributed by atoms with Crippen LogP contribution < -0.4 is 10.6 Å². The van der Waals surface area contributed by atoms with Gasteiger partial charge in [-0.15, -0.1) is 47.1 Å². The predicted octanol–water partition coefficient (Wildman–Crippen LogP) is 4.57. The van der Waals surface area contributed by atoms with Gasteiger partial charge in [-0.1, -0.05) is 19.1 Å². The van der Waals surface area contributed by atoms with Gasteiger partial charge in [0.15, 0.2) is 5.96 Å². The van der Waals surface area contributed by atoms with E-state index in [0.29, 0.717) is 0 Å². The van der Waals surface area contributed by atoms with E-state index in [1.807, 2.05) is 7.05 Å². The second-order valence-corrected chi connectivity index (χ2v) is 8.02. The largest absolute Gasteiger partial charge is 0.356 e. The molecule has 0 fully saturated rings. The molecular formula is C19H29IN4S2. The fraction of sp³-hybridized carbons (Fsp3) is 0.474. The molecule has 0 saturated heterocycles. The second kappa shape index (κ2) is 11.8. The van der Waals surface area contributed by atoms with E-state index in [4.69, 9.17) is 4.98 Å². The van der Waals surface area contributed by atoms with Gasteiger partial charge in [-0.2, -0.15) is 0 Å². The van der Waals surface area contributed by atoms with E-state index in [1.165, 1.54) is 31.6 Å². The van der Waals surface area contributed by atoms with E-state index < -0.39 is 0 Å². The van der Waals surface area contributed by atoms with Crippen LogP contribution in [0, 0.1) is 13.8 Å². The third kappa shape index (κ3) is 6.74. The number of aryl methyl sites for hydroxylation is 3. The molecule has 0 atom stereocenters. The van der Waals surface area contributed by atoms with Crippen molar-refractivity contribution in [1.82, 2.24) is 15.6 Å². The average Bonchev–Trinajstić information content (AvgIpc) is 2.98. The van der Waals surface area contributed by atoms with E-state index in [1.54, 1.807) is 23.1 Å². The van der Waals surface area contributed by atoms with Crippen molar-refractivity contribution in [3.63, 3.8) is 0 Å². The number of thiazole rings is 1. The maximum atomic E-state index is 4.69. The van der Waals surface area contributed by atoms with Crippen molar-refractivity contribution in [3.8, 4) is 0 Å². The molecule has 2 rings (SSSR count). The minimum atomic E-state index is 0. The molecular weight excluding hydrogens is 475 g/mol. The summed E-state index contributed by atoms with van der Waals surface area (Å²) >= 11 is 3.58. The molecule has 144 valence electrons. The van der Waals surface area contributed by atoms with Crippen LogP contribution in [0.2, 0.25) is 0 Å². The van der Waals surface area contributed by atoms with Crippen LogP contribution in [-0.4, -0.2) is 30.8 Å². The Kier molecular flexibility index (Phi) is 10.6. The van der Waals surface area contributed by atoms with Crippen LogP contribution in [0.5, 0.6) is 0 Å². The number of aliphatic imine (C=N–C) groups is 1. The Morgan fingerprint density at radius 2 is 2.04 bits per heavy atom. The smallest absolute Gasteiger partial charge is 0.191 e. The molecule has 2 aromatic rings. The van der Waals surface area contributed by atoms with Gasteiger partial charge in [-0.3, -0.25) is 4.99 Å². The summed E-state index contributed by atoms with van der Waals surface area (Å²) in [4.78, 5) is 11.7. The van der Waals surface area contributed by atoms with Crippen LogP contribution >= 0.6 is 47.1 Å². The highest BCUT2D eigenvalue weighted by Gasteiger charge is 2.07. The first-order valence-electron chi connectivity index (χ1n) is 8.60. The molecule has 1 aromatic carbocycles. The van der Waals surface area contributed by atoms with E-state index >= 15 is 0 Å². The normalized spacial score (nSPS) is 11.2. The zero-order valence-electron chi connectivity index (χ0n) is 16.2. The molecule has 0 aliphatic carbocycles. The lowest BCUT2D eigenvalue weighted by atomic mass is 10.1. The van der Waals surface area contributed by atoms with Gasteiger partial charge < -0.3 is 10.6 Å². The highest BCUT2D eigenvalue weighted by atomic mass is 127. The van der Waals surface area contributed by atoms with Crippen LogP contribution in [0.3, 0.4) is 0 Å². The molecule has 4 nitrogen and oxygen atoms in total. The van der Waals surface area contributed by atoms with E-state index in [0.717, 1.165) is 31.9 Å². The SMILES string of the molecule is CCc1nc(CCNC(=NC)NCc2ccc(C)cc2SC)sc1C.I. The monoisotopic (exact) mass is 504 g/mol. The Hall–Kier alpha value is -0.800. The van der Waals surface area contributed by atoms with E-state index in [2.05, 4.69) is 60.9 Å². The lowest BCUT2D eigenvalue weighted by Gasteiger charge is -2.13. The molecule has 0 bridgehead atoms. The maximum absolute atomic E-state index is 4.69. The Morgan fingerprint density at radius 1 is 1.27 bits per heavy atom. The summed E-state index contributed by atoms with van der Waals surface area (Å²) in [6.07, 6.45) is 4.05. The summed E-state index contributed by atoms with van der Waals surface area (Å²) in [6, 6.07) is 6.57. The van der Waals surface area contributed by atoms with Gasteiger partial charge in [0.1, 0.15) is 0 Å². The van der Waals surface area contributed by atoms with Gasteiger partial charge in [-0.05, 0) is 43.7 Å². The number of rotatable bonds is 7. The zero-order chi connectivity index (χ0) is 18.2. The third-order valence-electron chi connectivity index (χ3n) is 4.02. The summed E-state index contributed by atoms with van der Waals surface area (Å²) in [6.45, 7) is 8.04. The number of thioether (sulfide) groups is 1. The average molecular weight is 505 g/mol. The van der Waals surface area contributed by atoms with Crippen LogP contribution in [0.25, 0.3) is 0 Å². The first-order chi connectivity index (χ1) is 12.1. The zero-order valence-corrected chi connectivity index (χ0v) is 20.1. The minimum absolute atomic E-state index is 0. The quantitative estimate of drug-likeness (QED) is 0.251. The number of nitrogens with zero attached hydrogens (tertiary/aromatic N) is 2. The molecule has 0 radical (unpaired) electrons. The fourth-order valence-corrected chi connectivity index (χ4v) is 4.34. The van der Waals surface area contributed by atoms with E-state index in [9.17, 15) is 0 Å². The summed E-state index contributed by atoms with van der Waals surface area (Å²) in [5.41, 5.74) is 3.82. The molecule has 26 heavy (non-hydrogen) atoms. The number of halogens is 1. The number of guanidine groups is 1. The molecule has 0 saturated carbocycles. The van der Waals surface area contributed by atoms with Gasteiger partial charge in [0.25, 0.3) is 0 Å². The molecule has 7 heteroatoms. The number of hydrogen-bond donors (Lipinski definition) is 2. The number of aromatic nitrogens is 1. The van der Waals surface area contributed by atoms with Crippen LogP contribution in [0.4, 0.5) is 0 Å². The van der Waals surface area contributed by atoms with Crippen LogP contribution in [-0.2, 0) is 19.4 Å². The van der Waals surface area contributed by atoms with Crippen LogP contribution in [0.15, 0.2) is 28.1 Å². The lowest BCUT2D eigenvalue weighted by molar-refractivity contribution is 0.784. The Labute approximate surface area is 182 Å². The molecule has 1 heterocycles. The van der Waals surface area contributed by atoms with E-state index in [-0.39, 0.29) is 24.0 Å². The highest BCUT2D eigenvalue weighted by molar-refractivity contribution is 14.0. The molecule has 0 amide bonds. The van der Waals surface area contributed by atoms with Gasteiger partial charge in [0, 0.05) is 36.3 Å².